The van der Waals surface area contributed by atoms with Crippen molar-refractivity contribution >= 4 is 16.9 Å². The van der Waals surface area contributed by atoms with E-state index in [2.05, 4.69) is 9.84 Å². The molecule has 0 amide bonds. The molecule has 1 heterocycles. The van der Waals surface area contributed by atoms with Gasteiger partial charge in [0.15, 0.2) is 0 Å². The van der Waals surface area contributed by atoms with E-state index in [1.165, 1.54) is 10.9 Å². The molecule has 0 aliphatic carbocycles. The first-order valence-corrected chi connectivity index (χ1v) is 6.39. The molecule has 114 valence electrons. The lowest BCUT2D eigenvalue weighted by Gasteiger charge is -2.12. The zero-order chi connectivity index (χ0) is 15.8. The smallest absolute Gasteiger partial charge is 0.416 e. The summed E-state index contributed by atoms with van der Waals surface area (Å²) in [5.74, 6) is -0.572. The molecule has 0 atom stereocenters. The number of carbonyl (C=O) groups is 1. The number of carbonyl (C=O) groups excluding carboxylic acids is 1. The Kier molecular flexibility index (Phi) is 3.93. The first-order chi connectivity index (χ1) is 9.74. The third-order valence-corrected chi connectivity index (χ3v) is 3.00. The number of fused-ring (bicyclic) bond motifs is 1. The molecule has 0 fully saturated rings. The maximum Gasteiger partial charge on any atom is 0.416 e. The quantitative estimate of drug-likeness (QED) is 0.815. The molecule has 0 N–H and O–H groups in total. The number of esters is 1. The summed E-state index contributed by atoms with van der Waals surface area (Å²) >= 11 is 0. The largest absolute Gasteiger partial charge is 0.465 e. The molecule has 0 unspecified atom stereocenters. The van der Waals surface area contributed by atoms with Crippen molar-refractivity contribution in [2.24, 2.45) is 5.92 Å². The van der Waals surface area contributed by atoms with Crippen molar-refractivity contribution in [2.45, 2.75) is 26.6 Å². The van der Waals surface area contributed by atoms with Crippen LogP contribution in [-0.2, 0) is 17.5 Å². The van der Waals surface area contributed by atoms with Crippen LogP contribution in [0.5, 0.6) is 0 Å². The molecule has 7 heteroatoms. The van der Waals surface area contributed by atoms with Crippen LogP contribution in [0, 0.1) is 5.92 Å². The SMILES string of the molecule is COC(=O)c1cc(C(F)(F)F)cc2cnn(CC(C)C)c12. The lowest BCUT2D eigenvalue weighted by molar-refractivity contribution is -0.137. The molecule has 1 aromatic carbocycles. The van der Waals surface area contributed by atoms with Gasteiger partial charge >= 0.3 is 12.1 Å². The summed E-state index contributed by atoms with van der Waals surface area (Å²) in [6.45, 7) is 4.41. The standard InChI is InChI=1S/C14H15F3N2O2/c1-8(2)7-19-12-9(6-18-19)4-10(14(15,16)17)5-11(12)13(20)21-3/h4-6,8H,7H2,1-3H3. The second-order valence-electron chi connectivity index (χ2n) is 5.17. The Labute approximate surface area is 119 Å². The Balaban J connectivity index is 2.71. The minimum atomic E-state index is -4.53. The van der Waals surface area contributed by atoms with Crippen LogP contribution in [0.15, 0.2) is 18.3 Å². The van der Waals surface area contributed by atoms with Gasteiger partial charge < -0.3 is 4.74 Å². The predicted octanol–water partition coefficient (Wildman–Crippen LogP) is 3.50. The molecule has 0 spiro atoms. The molecular weight excluding hydrogens is 285 g/mol. The van der Waals surface area contributed by atoms with Gasteiger partial charge in [0.05, 0.1) is 30.0 Å². The lowest BCUT2D eigenvalue weighted by Crippen LogP contribution is -2.12. The number of alkyl halides is 3. The van der Waals surface area contributed by atoms with Crippen LogP contribution in [0.25, 0.3) is 10.9 Å². The van der Waals surface area contributed by atoms with E-state index in [1.54, 1.807) is 0 Å². The highest BCUT2D eigenvalue weighted by Gasteiger charge is 2.33. The van der Waals surface area contributed by atoms with Gasteiger partial charge in [-0.25, -0.2) is 4.79 Å². The van der Waals surface area contributed by atoms with E-state index in [0.717, 1.165) is 19.2 Å². The molecule has 0 saturated heterocycles. The van der Waals surface area contributed by atoms with Gasteiger partial charge in [0, 0.05) is 11.9 Å². The number of rotatable bonds is 3. The van der Waals surface area contributed by atoms with Gasteiger partial charge in [-0.1, -0.05) is 13.8 Å². The van der Waals surface area contributed by atoms with Crippen molar-refractivity contribution in [2.75, 3.05) is 7.11 Å². The van der Waals surface area contributed by atoms with Crippen molar-refractivity contribution < 1.29 is 22.7 Å². The number of hydrogen-bond donors (Lipinski definition) is 0. The Morgan fingerprint density at radius 3 is 2.57 bits per heavy atom. The number of benzene rings is 1. The van der Waals surface area contributed by atoms with Crippen LogP contribution in [0.2, 0.25) is 0 Å². The third-order valence-electron chi connectivity index (χ3n) is 3.00. The predicted molar refractivity (Wildman–Crippen MR) is 70.9 cm³/mol. The Hall–Kier alpha value is -2.05. The highest BCUT2D eigenvalue weighted by atomic mass is 19.4. The van der Waals surface area contributed by atoms with Gasteiger partial charge in [-0.2, -0.15) is 18.3 Å². The summed E-state index contributed by atoms with van der Waals surface area (Å²) in [7, 11) is 1.14. The average Bonchev–Trinajstić information content (AvgIpc) is 2.78. The van der Waals surface area contributed by atoms with Crippen molar-refractivity contribution in [3.05, 3.63) is 29.5 Å². The van der Waals surface area contributed by atoms with Crippen LogP contribution < -0.4 is 0 Å². The Morgan fingerprint density at radius 2 is 2.05 bits per heavy atom. The van der Waals surface area contributed by atoms with E-state index in [0.29, 0.717) is 12.1 Å². The van der Waals surface area contributed by atoms with Crippen LogP contribution in [-0.4, -0.2) is 22.9 Å². The van der Waals surface area contributed by atoms with Crippen LogP contribution in [0.3, 0.4) is 0 Å². The minimum absolute atomic E-state index is 0.125. The molecule has 0 radical (unpaired) electrons. The molecule has 0 aliphatic rings. The zero-order valence-electron chi connectivity index (χ0n) is 11.9. The van der Waals surface area contributed by atoms with Gasteiger partial charge in [0.2, 0.25) is 0 Å². The summed E-state index contributed by atoms with van der Waals surface area (Å²) in [4.78, 5) is 11.8. The summed E-state index contributed by atoms with van der Waals surface area (Å²) in [5.41, 5.74) is -0.650. The average molecular weight is 300 g/mol. The van der Waals surface area contributed by atoms with Gasteiger partial charge in [0.1, 0.15) is 0 Å². The molecule has 21 heavy (non-hydrogen) atoms. The highest BCUT2D eigenvalue weighted by Crippen LogP contribution is 2.33. The topological polar surface area (TPSA) is 44.1 Å². The molecule has 1 aromatic heterocycles. The van der Waals surface area contributed by atoms with Crippen molar-refractivity contribution in [3.8, 4) is 0 Å². The first-order valence-electron chi connectivity index (χ1n) is 6.39. The molecule has 2 aromatic rings. The van der Waals surface area contributed by atoms with Crippen LogP contribution in [0.4, 0.5) is 13.2 Å². The fourth-order valence-electron chi connectivity index (χ4n) is 2.15. The van der Waals surface area contributed by atoms with Gasteiger partial charge in [-0.3, -0.25) is 4.68 Å². The Bertz CT molecular complexity index is 675. The second-order valence-corrected chi connectivity index (χ2v) is 5.17. The molecule has 0 saturated carbocycles. The molecule has 0 bridgehead atoms. The molecule has 0 aliphatic heterocycles. The van der Waals surface area contributed by atoms with E-state index in [4.69, 9.17) is 0 Å². The van der Waals surface area contributed by atoms with E-state index in [9.17, 15) is 18.0 Å². The van der Waals surface area contributed by atoms with E-state index in [-0.39, 0.29) is 16.9 Å². The number of halogens is 3. The minimum Gasteiger partial charge on any atom is -0.465 e. The maximum atomic E-state index is 12.9. The highest BCUT2D eigenvalue weighted by molar-refractivity contribution is 6.03. The van der Waals surface area contributed by atoms with Crippen LogP contribution in [0.1, 0.15) is 29.8 Å². The Morgan fingerprint density at radius 1 is 1.38 bits per heavy atom. The number of hydrogen-bond acceptors (Lipinski definition) is 3. The van der Waals surface area contributed by atoms with Gasteiger partial charge in [-0.15, -0.1) is 0 Å². The van der Waals surface area contributed by atoms with Crippen molar-refractivity contribution in [3.63, 3.8) is 0 Å². The lowest BCUT2D eigenvalue weighted by atomic mass is 10.1. The van der Waals surface area contributed by atoms with E-state index < -0.39 is 17.7 Å². The van der Waals surface area contributed by atoms with E-state index >= 15 is 0 Å². The normalized spacial score (nSPS) is 12.1. The summed E-state index contributed by atoms with van der Waals surface area (Å²) < 4.78 is 44.8. The summed E-state index contributed by atoms with van der Waals surface area (Å²) in [6, 6.07) is 1.80. The monoisotopic (exact) mass is 300 g/mol. The van der Waals surface area contributed by atoms with Crippen molar-refractivity contribution in [1.29, 1.82) is 0 Å². The number of methoxy groups -OCH3 is 1. The fraction of sp³-hybridized carbons (Fsp3) is 0.429. The van der Waals surface area contributed by atoms with Gasteiger partial charge in [-0.05, 0) is 18.1 Å². The number of ether oxygens (including phenoxy) is 1. The van der Waals surface area contributed by atoms with E-state index in [1.807, 2.05) is 13.8 Å². The third kappa shape index (κ3) is 3.01. The van der Waals surface area contributed by atoms with Crippen LogP contribution >= 0.6 is 0 Å². The fourth-order valence-corrected chi connectivity index (χ4v) is 2.15. The molecular formula is C14H15F3N2O2. The number of nitrogens with zero attached hydrogens (tertiary/aromatic N) is 2. The maximum absolute atomic E-state index is 12.9. The molecule has 4 nitrogen and oxygen atoms in total. The number of aromatic nitrogens is 2. The van der Waals surface area contributed by atoms with Crippen molar-refractivity contribution in [1.82, 2.24) is 9.78 Å². The molecule has 2 rings (SSSR count). The summed E-state index contributed by atoms with van der Waals surface area (Å²) in [6.07, 6.45) is -3.20. The second kappa shape index (κ2) is 5.38. The zero-order valence-corrected chi connectivity index (χ0v) is 11.9. The summed E-state index contributed by atoms with van der Waals surface area (Å²) in [5, 5.41) is 4.35. The van der Waals surface area contributed by atoms with Gasteiger partial charge in [0.25, 0.3) is 0 Å². The first kappa shape index (κ1) is 15.3.